The summed E-state index contributed by atoms with van der Waals surface area (Å²) in [6.07, 6.45) is -0.257. The van der Waals surface area contributed by atoms with E-state index in [1.165, 1.54) is 0 Å². The van der Waals surface area contributed by atoms with Gasteiger partial charge in [-0.15, -0.1) is 0 Å². The Hall–Kier alpha value is -1.06. The fraction of sp³-hybridized carbons (Fsp3) is 0.333. The van der Waals surface area contributed by atoms with Gasteiger partial charge >= 0.3 is 0 Å². The van der Waals surface area contributed by atoms with Crippen LogP contribution in [0.15, 0.2) is 18.2 Å². The predicted molar refractivity (Wildman–Crippen MR) is 42.7 cm³/mol. The first-order valence-corrected chi connectivity index (χ1v) is 3.85. The minimum absolute atomic E-state index is 0.0313. The van der Waals surface area contributed by atoms with Gasteiger partial charge in [0.05, 0.1) is 13.2 Å². The molecule has 1 aliphatic heterocycles. The topological polar surface area (TPSA) is 49.7 Å². The van der Waals surface area contributed by atoms with Gasteiger partial charge in [0.1, 0.15) is 11.9 Å². The van der Waals surface area contributed by atoms with E-state index in [9.17, 15) is 5.11 Å². The van der Waals surface area contributed by atoms with E-state index in [2.05, 4.69) is 0 Å². The Labute approximate surface area is 70.2 Å². The molecule has 0 unspecified atom stereocenters. The highest BCUT2D eigenvalue weighted by atomic mass is 16.5. The largest absolute Gasteiger partial charge is 0.508 e. The molecule has 12 heavy (non-hydrogen) atoms. The summed E-state index contributed by atoms with van der Waals surface area (Å²) in [5.74, 6) is 0.220. The highest BCUT2D eigenvalue weighted by molar-refractivity contribution is 5.38. The zero-order valence-corrected chi connectivity index (χ0v) is 6.53. The second-order valence-corrected chi connectivity index (χ2v) is 2.87. The zero-order valence-electron chi connectivity index (χ0n) is 6.53. The molecule has 0 fully saturated rings. The van der Waals surface area contributed by atoms with Crippen LogP contribution in [0.5, 0.6) is 5.75 Å². The van der Waals surface area contributed by atoms with Crippen molar-refractivity contribution in [3.8, 4) is 5.75 Å². The van der Waals surface area contributed by atoms with Gasteiger partial charge in [-0.2, -0.15) is 0 Å². The maximum absolute atomic E-state index is 9.17. The van der Waals surface area contributed by atoms with E-state index in [1.54, 1.807) is 12.1 Å². The minimum Gasteiger partial charge on any atom is -0.508 e. The van der Waals surface area contributed by atoms with Gasteiger partial charge in [-0.05, 0) is 23.3 Å². The van der Waals surface area contributed by atoms with Crippen LogP contribution in [0.3, 0.4) is 0 Å². The van der Waals surface area contributed by atoms with Gasteiger partial charge in [0, 0.05) is 0 Å². The lowest BCUT2D eigenvalue weighted by molar-refractivity contribution is 0.0233. The van der Waals surface area contributed by atoms with Crippen LogP contribution < -0.4 is 0 Å². The number of hydrogen-bond donors (Lipinski definition) is 2. The van der Waals surface area contributed by atoms with Crippen LogP contribution in [-0.2, 0) is 11.3 Å². The monoisotopic (exact) mass is 166 g/mol. The average molecular weight is 166 g/mol. The molecule has 2 N–H and O–H groups in total. The van der Waals surface area contributed by atoms with Crippen molar-refractivity contribution in [2.24, 2.45) is 0 Å². The van der Waals surface area contributed by atoms with Crippen molar-refractivity contribution in [1.29, 1.82) is 0 Å². The number of hydrogen-bond acceptors (Lipinski definition) is 3. The van der Waals surface area contributed by atoms with Crippen LogP contribution in [0.25, 0.3) is 0 Å². The number of aliphatic hydroxyl groups is 1. The van der Waals surface area contributed by atoms with E-state index in [0.717, 1.165) is 11.1 Å². The molecule has 2 rings (SSSR count). The van der Waals surface area contributed by atoms with Gasteiger partial charge in [0.2, 0.25) is 0 Å². The number of benzene rings is 1. The van der Waals surface area contributed by atoms with Crippen molar-refractivity contribution < 1.29 is 14.9 Å². The number of aromatic hydroxyl groups is 1. The quantitative estimate of drug-likeness (QED) is 0.653. The van der Waals surface area contributed by atoms with Crippen LogP contribution in [-0.4, -0.2) is 16.8 Å². The summed E-state index contributed by atoms with van der Waals surface area (Å²) in [6, 6.07) is 5.09. The maximum atomic E-state index is 9.17. The number of phenolic OH excluding ortho intramolecular Hbond substituents is 1. The van der Waals surface area contributed by atoms with E-state index in [4.69, 9.17) is 9.84 Å². The molecule has 3 heteroatoms. The van der Waals surface area contributed by atoms with E-state index in [1.807, 2.05) is 6.07 Å². The number of phenols is 1. The van der Waals surface area contributed by atoms with E-state index >= 15 is 0 Å². The third-order valence-corrected chi connectivity index (χ3v) is 2.08. The van der Waals surface area contributed by atoms with Crippen LogP contribution >= 0.6 is 0 Å². The molecule has 1 heterocycles. The van der Waals surface area contributed by atoms with Gasteiger partial charge < -0.3 is 14.9 Å². The Bertz CT molecular complexity index is 296. The van der Waals surface area contributed by atoms with Crippen LogP contribution in [0, 0.1) is 0 Å². The molecule has 1 aromatic carbocycles. The highest BCUT2D eigenvalue weighted by Gasteiger charge is 2.22. The smallest absolute Gasteiger partial charge is 0.115 e. The molecule has 64 valence electrons. The first-order valence-electron chi connectivity index (χ1n) is 3.85. The molecule has 0 saturated carbocycles. The summed E-state index contributed by atoms with van der Waals surface area (Å²) >= 11 is 0. The van der Waals surface area contributed by atoms with Crippen LogP contribution in [0.1, 0.15) is 17.2 Å². The van der Waals surface area contributed by atoms with Crippen molar-refractivity contribution in [2.75, 3.05) is 6.61 Å². The van der Waals surface area contributed by atoms with Crippen molar-refractivity contribution >= 4 is 0 Å². The number of fused-ring (bicyclic) bond motifs is 1. The van der Waals surface area contributed by atoms with Gasteiger partial charge in [-0.1, -0.05) is 6.07 Å². The summed E-state index contributed by atoms with van der Waals surface area (Å²) in [4.78, 5) is 0. The van der Waals surface area contributed by atoms with Crippen LogP contribution in [0.2, 0.25) is 0 Å². The summed E-state index contributed by atoms with van der Waals surface area (Å²) in [5, 5.41) is 18.1. The average Bonchev–Trinajstić information content (AvgIpc) is 2.46. The molecule has 0 bridgehead atoms. The van der Waals surface area contributed by atoms with Crippen LogP contribution in [0.4, 0.5) is 0 Å². The van der Waals surface area contributed by atoms with Crippen molar-refractivity contribution in [1.82, 2.24) is 0 Å². The van der Waals surface area contributed by atoms with Gasteiger partial charge in [0.25, 0.3) is 0 Å². The maximum Gasteiger partial charge on any atom is 0.115 e. The molecule has 0 radical (unpaired) electrons. The molecule has 1 atom stereocenters. The molecule has 0 spiro atoms. The van der Waals surface area contributed by atoms with Crippen molar-refractivity contribution in [3.63, 3.8) is 0 Å². The number of rotatable bonds is 1. The van der Waals surface area contributed by atoms with Gasteiger partial charge in [-0.25, -0.2) is 0 Å². The van der Waals surface area contributed by atoms with E-state index in [0.29, 0.717) is 6.61 Å². The van der Waals surface area contributed by atoms with Gasteiger partial charge in [-0.3, -0.25) is 0 Å². The Morgan fingerprint density at radius 1 is 1.50 bits per heavy atom. The Morgan fingerprint density at radius 3 is 3.08 bits per heavy atom. The third kappa shape index (κ3) is 1.07. The molecule has 1 aliphatic rings. The second kappa shape index (κ2) is 2.77. The Balaban J connectivity index is 2.42. The first kappa shape index (κ1) is 7.58. The van der Waals surface area contributed by atoms with Crippen molar-refractivity contribution in [3.05, 3.63) is 29.3 Å². The molecular weight excluding hydrogens is 156 g/mol. The highest BCUT2D eigenvalue weighted by Crippen LogP contribution is 2.32. The summed E-state index contributed by atoms with van der Waals surface area (Å²) in [7, 11) is 0. The second-order valence-electron chi connectivity index (χ2n) is 2.87. The van der Waals surface area contributed by atoms with Crippen molar-refractivity contribution in [2.45, 2.75) is 12.7 Å². The Morgan fingerprint density at radius 2 is 2.33 bits per heavy atom. The third-order valence-electron chi connectivity index (χ3n) is 2.08. The van der Waals surface area contributed by atoms with E-state index < -0.39 is 0 Å². The molecule has 1 aromatic rings. The first-order chi connectivity index (χ1) is 5.81. The standard InChI is InChI=1S/C9H10O3/c10-4-9-8-3-7(11)2-1-6(8)5-12-9/h1-3,9-11H,4-5H2/t9-/m0/s1. The summed E-state index contributed by atoms with van der Waals surface area (Å²) in [5.41, 5.74) is 1.95. The number of aliphatic hydroxyl groups excluding tert-OH is 1. The Kier molecular flexibility index (Phi) is 1.75. The normalized spacial score (nSPS) is 20.9. The predicted octanol–water partition coefficient (Wildman–Crippen LogP) is 0.956. The zero-order chi connectivity index (χ0) is 8.55. The molecule has 0 aromatic heterocycles. The number of ether oxygens (including phenoxy) is 1. The fourth-order valence-electron chi connectivity index (χ4n) is 1.44. The minimum atomic E-state index is -0.257. The molecule has 3 nitrogen and oxygen atoms in total. The SMILES string of the molecule is OC[C@@H]1OCc2ccc(O)cc21. The molecule has 0 amide bonds. The summed E-state index contributed by atoms with van der Waals surface area (Å²) < 4.78 is 5.27. The molecular formula is C9H10O3. The van der Waals surface area contributed by atoms with Gasteiger partial charge in [0.15, 0.2) is 0 Å². The lowest BCUT2D eigenvalue weighted by Crippen LogP contribution is -2.00. The lowest BCUT2D eigenvalue weighted by atomic mass is 10.1. The summed E-state index contributed by atoms with van der Waals surface area (Å²) in [6.45, 7) is 0.497. The fourth-order valence-corrected chi connectivity index (χ4v) is 1.44. The molecule has 0 saturated heterocycles. The molecule has 0 aliphatic carbocycles. The lowest BCUT2D eigenvalue weighted by Gasteiger charge is -2.06. The van der Waals surface area contributed by atoms with E-state index in [-0.39, 0.29) is 18.5 Å².